The fourth-order valence-corrected chi connectivity index (χ4v) is 1.85. The van der Waals surface area contributed by atoms with Gasteiger partial charge in [-0.25, -0.2) is 0 Å². The van der Waals surface area contributed by atoms with Crippen LogP contribution in [0.5, 0.6) is 5.75 Å². The molecule has 4 nitrogen and oxygen atoms in total. The molecule has 4 heteroatoms. The Hall–Kier alpha value is -1.81. The number of benzene rings is 1. The summed E-state index contributed by atoms with van der Waals surface area (Å²) in [4.78, 5) is 0. The molecular weight excluding hydrogens is 240 g/mol. The van der Waals surface area contributed by atoms with Crippen LogP contribution in [0, 0.1) is 6.92 Å². The van der Waals surface area contributed by atoms with Gasteiger partial charge in [0.2, 0.25) is 0 Å². The molecule has 0 atom stereocenters. The minimum atomic E-state index is 0.180. The van der Waals surface area contributed by atoms with Crippen LogP contribution in [0.25, 0.3) is 0 Å². The van der Waals surface area contributed by atoms with Gasteiger partial charge in [0.15, 0.2) is 0 Å². The van der Waals surface area contributed by atoms with Crippen LogP contribution >= 0.6 is 0 Å². The Kier molecular flexibility index (Phi) is 4.58. The number of hydrogen-bond donors (Lipinski definition) is 1. The molecule has 1 aromatic carbocycles. The fourth-order valence-electron chi connectivity index (χ4n) is 1.85. The number of hydrogen-bond acceptors (Lipinski definition) is 4. The van der Waals surface area contributed by atoms with Gasteiger partial charge in [0.1, 0.15) is 11.5 Å². The molecule has 0 aliphatic rings. The summed E-state index contributed by atoms with van der Waals surface area (Å²) in [5.74, 6) is 1.77. The zero-order valence-electron chi connectivity index (χ0n) is 11.6. The predicted octanol–water partition coefficient (Wildman–Crippen LogP) is 3.06. The fraction of sp³-hybridized carbons (Fsp3) is 0.400. The summed E-state index contributed by atoms with van der Waals surface area (Å²) < 4.78 is 10.8. The van der Waals surface area contributed by atoms with E-state index in [-0.39, 0.29) is 6.10 Å². The van der Waals surface area contributed by atoms with Crippen molar-refractivity contribution in [2.45, 2.75) is 40.0 Å². The van der Waals surface area contributed by atoms with E-state index in [1.54, 1.807) is 0 Å². The average molecular weight is 260 g/mol. The van der Waals surface area contributed by atoms with Crippen LogP contribution in [-0.4, -0.2) is 11.3 Å². The van der Waals surface area contributed by atoms with Crippen molar-refractivity contribution in [1.29, 1.82) is 0 Å². The van der Waals surface area contributed by atoms with Crippen molar-refractivity contribution in [2.24, 2.45) is 0 Å². The van der Waals surface area contributed by atoms with Crippen LogP contribution in [0.3, 0.4) is 0 Å². The van der Waals surface area contributed by atoms with Crippen molar-refractivity contribution in [3.63, 3.8) is 0 Å². The molecule has 0 aliphatic carbocycles. The Labute approximate surface area is 113 Å². The molecule has 102 valence electrons. The van der Waals surface area contributed by atoms with Crippen molar-refractivity contribution >= 4 is 0 Å². The smallest absolute Gasteiger partial charge is 0.133 e. The van der Waals surface area contributed by atoms with Gasteiger partial charge in [-0.3, -0.25) is 0 Å². The van der Waals surface area contributed by atoms with Gasteiger partial charge in [-0.1, -0.05) is 23.4 Å². The molecule has 0 amide bonds. The van der Waals surface area contributed by atoms with Gasteiger partial charge in [0, 0.05) is 24.7 Å². The summed E-state index contributed by atoms with van der Waals surface area (Å²) in [6, 6.07) is 10.0. The molecule has 0 fully saturated rings. The quantitative estimate of drug-likeness (QED) is 0.867. The van der Waals surface area contributed by atoms with Crippen LogP contribution in [0.15, 0.2) is 34.9 Å². The van der Waals surface area contributed by atoms with Gasteiger partial charge in [-0.2, -0.15) is 0 Å². The second-order valence-corrected chi connectivity index (χ2v) is 4.81. The Bertz CT molecular complexity index is 520. The van der Waals surface area contributed by atoms with E-state index in [0.717, 1.165) is 29.3 Å². The van der Waals surface area contributed by atoms with Crippen molar-refractivity contribution in [3.05, 3.63) is 47.3 Å². The molecule has 1 N–H and O–H groups in total. The van der Waals surface area contributed by atoms with Crippen molar-refractivity contribution in [1.82, 2.24) is 10.5 Å². The normalized spacial score (nSPS) is 10.9. The molecular formula is C15H20N2O2. The zero-order chi connectivity index (χ0) is 13.7. The Morgan fingerprint density at radius 2 is 2.05 bits per heavy atom. The van der Waals surface area contributed by atoms with E-state index in [0.29, 0.717) is 6.54 Å². The van der Waals surface area contributed by atoms with Crippen molar-refractivity contribution < 1.29 is 9.26 Å². The largest absolute Gasteiger partial charge is 0.491 e. The molecule has 0 saturated heterocycles. The molecule has 0 radical (unpaired) electrons. The number of nitrogens with zero attached hydrogens (tertiary/aromatic N) is 1. The lowest BCUT2D eigenvalue weighted by atomic mass is 10.2. The minimum Gasteiger partial charge on any atom is -0.491 e. The minimum absolute atomic E-state index is 0.180. The Morgan fingerprint density at radius 1 is 1.26 bits per heavy atom. The maximum atomic E-state index is 5.78. The SMILES string of the molecule is Cc1cc(CNCc2ccccc2OC(C)C)no1. The third-order valence-corrected chi connectivity index (χ3v) is 2.63. The van der Waals surface area contributed by atoms with Crippen LogP contribution < -0.4 is 10.1 Å². The zero-order valence-corrected chi connectivity index (χ0v) is 11.6. The summed E-state index contributed by atoms with van der Waals surface area (Å²) in [6.45, 7) is 7.38. The molecule has 1 heterocycles. The first kappa shape index (κ1) is 13.6. The van der Waals surface area contributed by atoms with E-state index in [2.05, 4.69) is 16.5 Å². The lowest BCUT2D eigenvalue weighted by molar-refractivity contribution is 0.239. The van der Waals surface area contributed by atoms with E-state index < -0.39 is 0 Å². The first-order chi connectivity index (χ1) is 9.15. The summed E-state index contributed by atoms with van der Waals surface area (Å²) in [6.07, 6.45) is 0.180. The average Bonchev–Trinajstić information content (AvgIpc) is 2.77. The van der Waals surface area contributed by atoms with Crippen LogP contribution in [0.2, 0.25) is 0 Å². The van der Waals surface area contributed by atoms with E-state index in [1.165, 1.54) is 0 Å². The molecule has 0 unspecified atom stereocenters. The number of ether oxygens (including phenoxy) is 1. The van der Waals surface area contributed by atoms with Gasteiger partial charge in [0.25, 0.3) is 0 Å². The number of para-hydroxylation sites is 1. The number of nitrogens with one attached hydrogen (secondary N) is 1. The van der Waals surface area contributed by atoms with Crippen LogP contribution in [-0.2, 0) is 13.1 Å². The predicted molar refractivity (Wildman–Crippen MR) is 74.0 cm³/mol. The summed E-state index contributed by atoms with van der Waals surface area (Å²) in [5.41, 5.74) is 2.07. The third-order valence-electron chi connectivity index (χ3n) is 2.63. The van der Waals surface area contributed by atoms with Crippen LogP contribution in [0.4, 0.5) is 0 Å². The second-order valence-electron chi connectivity index (χ2n) is 4.81. The molecule has 2 rings (SSSR count). The van der Waals surface area contributed by atoms with Crippen LogP contribution in [0.1, 0.15) is 30.9 Å². The maximum Gasteiger partial charge on any atom is 0.133 e. The van der Waals surface area contributed by atoms with E-state index in [4.69, 9.17) is 9.26 Å². The van der Waals surface area contributed by atoms with Crippen molar-refractivity contribution in [2.75, 3.05) is 0 Å². The Morgan fingerprint density at radius 3 is 2.74 bits per heavy atom. The second kappa shape index (κ2) is 6.38. The molecule has 19 heavy (non-hydrogen) atoms. The molecule has 0 saturated carbocycles. The standard InChI is InChI=1S/C15H20N2O2/c1-11(2)18-15-7-5-4-6-13(15)9-16-10-14-8-12(3)19-17-14/h4-8,11,16H,9-10H2,1-3H3. The number of aromatic nitrogens is 1. The van der Waals surface area contributed by atoms with Gasteiger partial charge in [-0.05, 0) is 26.8 Å². The van der Waals surface area contributed by atoms with Crippen molar-refractivity contribution in [3.8, 4) is 5.75 Å². The first-order valence-corrected chi connectivity index (χ1v) is 6.52. The molecule has 0 aliphatic heterocycles. The summed E-state index contributed by atoms with van der Waals surface area (Å²) >= 11 is 0. The van der Waals surface area contributed by atoms with Gasteiger partial charge >= 0.3 is 0 Å². The molecule has 0 bridgehead atoms. The topological polar surface area (TPSA) is 47.3 Å². The summed E-state index contributed by atoms with van der Waals surface area (Å²) in [5, 5.41) is 7.29. The monoisotopic (exact) mass is 260 g/mol. The highest BCUT2D eigenvalue weighted by molar-refractivity contribution is 5.33. The van der Waals surface area contributed by atoms with Gasteiger partial charge < -0.3 is 14.6 Å². The lowest BCUT2D eigenvalue weighted by Gasteiger charge is -2.14. The lowest BCUT2D eigenvalue weighted by Crippen LogP contribution is -2.15. The first-order valence-electron chi connectivity index (χ1n) is 6.52. The molecule has 1 aromatic heterocycles. The van der Waals surface area contributed by atoms with Gasteiger partial charge in [0.05, 0.1) is 11.8 Å². The molecule has 0 spiro atoms. The van der Waals surface area contributed by atoms with E-state index >= 15 is 0 Å². The maximum absolute atomic E-state index is 5.78. The Balaban J connectivity index is 1.92. The summed E-state index contributed by atoms with van der Waals surface area (Å²) in [7, 11) is 0. The number of aryl methyl sites for hydroxylation is 1. The highest BCUT2D eigenvalue weighted by Crippen LogP contribution is 2.19. The third kappa shape index (κ3) is 4.10. The van der Waals surface area contributed by atoms with Gasteiger partial charge in [-0.15, -0.1) is 0 Å². The highest BCUT2D eigenvalue weighted by atomic mass is 16.5. The highest BCUT2D eigenvalue weighted by Gasteiger charge is 2.05. The molecule has 2 aromatic rings. The van der Waals surface area contributed by atoms with E-state index in [1.807, 2.05) is 45.0 Å². The van der Waals surface area contributed by atoms with E-state index in [9.17, 15) is 0 Å². The number of rotatable bonds is 6.